The summed E-state index contributed by atoms with van der Waals surface area (Å²) in [5.74, 6) is 1.53. The molecule has 2 aromatic heterocycles. The van der Waals surface area contributed by atoms with E-state index >= 15 is 0 Å². The molecule has 0 aliphatic heterocycles. The van der Waals surface area contributed by atoms with Crippen molar-refractivity contribution in [2.45, 2.75) is 46.2 Å². The van der Waals surface area contributed by atoms with Crippen LogP contribution < -0.4 is 5.32 Å². The molecule has 7 heteroatoms. The number of pyridine rings is 1. The van der Waals surface area contributed by atoms with E-state index < -0.39 is 11.7 Å². The lowest BCUT2D eigenvalue weighted by molar-refractivity contribution is -0.137. The Labute approximate surface area is 180 Å². The van der Waals surface area contributed by atoms with E-state index in [2.05, 4.69) is 31.1 Å². The number of benzene rings is 1. The Bertz CT molecular complexity index is 1070. The van der Waals surface area contributed by atoms with E-state index in [1.165, 1.54) is 6.07 Å². The highest BCUT2D eigenvalue weighted by atomic mass is 19.4. The molecule has 0 saturated carbocycles. The highest BCUT2D eigenvalue weighted by Crippen LogP contribution is 2.40. The Morgan fingerprint density at radius 3 is 2.52 bits per heavy atom. The highest BCUT2D eigenvalue weighted by molar-refractivity contribution is 5.65. The molecular weight excluding hydrogens is 401 g/mol. The zero-order valence-corrected chi connectivity index (χ0v) is 17.8. The van der Waals surface area contributed by atoms with Gasteiger partial charge in [-0.25, -0.2) is 9.97 Å². The number of nitrogens with zero attached hydrogens (tertiary/aromatic N) is 3. The average Bonchev–Trinajstić information content (AvgIpc) is 2.73. The maximum absolute atomic E-state index is 13.2. The van der Waals surface area contributed by atoms with Gasteiger partial charge in [0.15, 0.2) is 5.82 Å². The van der Waals surface area contributed by atoms with Gasteiger partial charge in [-0.15, -0.1) is 0 Å². The molecule has 0 bridgehead atoms. The maximum atomic E-state index is 13.2. The van der Waals surface area contributed by atoms with Gasteiger partial charge in [0.1, 0.15) is 5.82 Å². The smallest absolute Gasteiger partial charge is 0.340 e. The van der Waals surface area contributed by atoms with Crippen LogP contribution in [0.4, 0.5) is 24.7 Å². The molecule has 4 nitrogen and oxygen atoms in total. The molecule has 1 aliphatic rings. The molecule has 1 N–H and O–H groups in total. The second-order valence-electron chi connectivity index (χ2n) is 9.07. The Hall–Kier alpha value is -2.96. The second kappa shape index (κ2) is 7.94. The van der Waals surface area contributed by atoms with E-state index in [1.807, 2.05) is 12.1 Å². The van der Waals surface area contributed by atoms with Gasteiger partial charge in [0.25, 0.3) is 0 Å². The number of aromatic nitrogens is 3. The molecule has 31 heavy (non-hydrogen) atoms. The summed E-state index contributed by atoms with van der Waals surface area (Å²) in [6.07, 6.45) is 1.58. The molecule has 0 radical (unpaired) electrons. The van der Waals surface area contributed by atoms with Crippen molar-refractivity contribution in [3.63, 3.8) is 0 Å². The third-order valence-electron chi connectivity index (χ3n) is 5.87. The quantitative estimate of drug-likeness (QED) is 0.523. The summed E-state index contributed by atoms with van der Waals surface area (Å²) in [5.41, 5.74) is 2.48. The van der Waals surface area contributed by atoms with E-state index in [9.17, 15) is 13.2 Å². The summed E-state index contributed by atoms with van der Waals surface area (Å²) < 4.78 is 39.6. The number of nitrogens with one attached hydrogen (secondary N) is 1. The second-order valence-corrected chi connectivity index (χ2v) is 9.07. The molecule has 0 amide bonds. The Kier molecular flexibility index (Phi) is 5.45. The van der Waals surface area contributed by atoms with Crippen LogP contribution in [0, 0.1) is 11.3 Å². The van der Waals surface area contributed by atoms with Gasteiger partial charge in [0.05, 0.1) is 5.56 Å². The monoisotopic (exact) mass is 426 g/mol. The minimum absolute atomic E-state index is 0.118. The third-order valence-corrected chi connectivity index (χ3v) is 5.87. The van der Waals surface area contributed by atoms with Crippen LogP contribution in [-0.2, 0) is 19.0 Å². The number of hydrogen-bond acceptors (Lipinski definition) is 4. The highest BCUT2D eigenvalue weighted by Gasteiger charge is 2.33. The molecular formula is C24H25F3N4. The molecule has 0 spiro atoms. The Morgan fingerprint density at radius 1 is 1.03 bits per heavy atom. The van der Waals surface area contributed by atoms with Crippen LogP contribution in [0.5, 0.6) is 0 Å². The topological polar surface area (TPSA) is 50.7 Å². The number of fused-ring (bicyclic) bond motifs is 1. The fourth-order valence-electron chi connectivity index (χ4n) is 3.99. The van der Waals surface area contributed by atoms with E-state index in [4.69, 9.17) is 9.97 Å². The lowest BCUT2D eigenvalue weighted by Gasteiger charge is -2.35. The number of alkyl halides is 3. The van der Waals surface area contributed by atoms with Gasteiger partial charge in [-0.3, -0.25) is 4.98 Å². The number of hydrogen-bond donors (Lipinski definition) is 1. The van der Waals surface area contributed by atoms with Crippen molar-refractivity contribution in [1.29, 1.82) is 0 Å². The standard InChI is InChI=1S/C24H25F3N4/c1-23(2,3)16-9-10-20-19(13-16)22(31-21(30-20)15-6-5-11-28-14-15)29-18-8-4-7-17(12-18)24(25,26)27/h4-8,11-12,14,16H,9-10,13H2,1-3H3,(H,29,30,31). The first-order chi connectivity index (χ1) is 14.6. The van der Waals surface area contributed by atoms with Crippen LogP contribution in [0.2, 0.25) is 0 Å². The molecule has 1 unspecified atom stereocenters. The minimum Gasteiger partial charge on any atom is -0.340 e. The number of anilines is 2. The van der Waals surface area contributed by atoms with Crippen molar-refractivity contribution in [1.82, 2.24) is 15.0 Å². The van der Waals surface area contributed by atoms with Crippen LogP contribution >= 0.6 is 0 Å². The van der Waals surface area contributed by atoms with Crippen LogP contribution in [0.15, 0.2) is 48.8 Å². The van der Waals surface area contributed by atoms with Gasteiger partial charge in [-0.05, 0) is 60.9 Å². The lowest BCUT2D eigenvalue weighted by Crippen LogP contribution is -2.28. The number of halogens is 3. The molecule has 4 rings (SSSR count). The lowest BCUT2D eigenvalue weighted by atomic mass is 9.71. The Morgan fingerprint density at radius 2 is 1.84 bits per heavy atom. The molecule has 162 valence electrons. The molecule has 1 atom stereocenters. The fraction of sp³-hybridized carbons (Fsp3) is 0.375. The van der Waals surface area contributed by atoms with Crippen molar-refractivity contribution in [3.05, 3.63) is 65.6 Å². The molecule has 2 heterocycles. The Balaban J connectivity index is 1.78. The van der Waals surface area contributed by atoms with Crippen LogP contribution in [0.3, 0.4) is 0 Å². The summed E-state index contributed by atoms with van der Waals surface area (Å²) in [7, 11) is 0. The van der Waals surface area contributed by atoms with Gasteiger partial charge in [0, 0.05) is 34.9 Å². The fourth-order valence-corrected chi connectivity index (χ4v) is 3.99. The first kappa shape index (κ1) is 21.3. The first-order valence-electron chi connectivity index (χ1n) is 10.4. The maximum Gasteiger partial charge on any atom is 0.416 e. The van der Waals surface area contributed by atoms with Crippen LogP contribution in [-0.4, -0.2) is 15.0 Å². The first-order valence-corrected chi connectivity index (χ1v) is 10.4. The normalized spacial score (nSPS) is 16.6. The predicted molar refractivity (Wildman–Crippen MR) is 115 cm³/mol. The van der Waals surface area contributed by atoms with Crippen LogP contribution in [0.1, 0.15) is 44.0 Å². The SMILES string of the molecule is CC(C)(C)C1CCc2nc(-c3cccnc3)nc(Nc3cccc(C(F)(F)F)c3)c2C1. The molecule has 0 saturated heterocycles. The van der Waals surface area contributed by atoms with E-state index in [-0.39, 0.29) is 5.41 Å². The van der Waals surface area contributed by atoms with E-state index in [0.29, 0.717) is 23.2 Å². The minimum atomic E-state index is -4.40. The number of rotatable bonds is 3. The van der Waals surface area contributed by atoms with Crippen LogP contribution in [0.25, 0.3) is 11.4 Å². The van der Waals surface area contributed by atoms with Gasteiger partial charge in [-0.1, -0.05) is 26.8 Å². The van der Waals surface area contributed by atoms with Crippen molar-refractivity contribution < 1.29 is 13.2 Å². The van der Waals surface area contributed by atoms with Gasteiger partial charge < -0.3 is 5.32 Å². The number of aryl methyl sites for hydroxylation is 1. The van der Waals surface area contributed by atoms with Crippen molar-refractivity contribution in [2.75, 3.05) is 5.32 Å². The molecule has 3 aromatic rings. The summed E-state index contributed by atoms with van der Waals surface area (Å²) >= 11 is 0. The van der Waals surface area contributed by atoms with Crippen molar-refractivity contribution >= 4 is 11.5 Å². The van der Waals surface area contributed by atoms with Crippen molar-refractivity contribution in [2.24, 2.45) is 11.3 Å². The van der Waals surface area contributed by atoms with E-state index in [0.717, 1.165) is 48.2 Å². The van der Waals surface area contributed by atoms with Gasteiger partial charge in [-0.2, -0.15) is 13.2 Å². The summed E-state index contributed by atoms with van der Waals surface area (Å²) in [6, 6.07) is 8.90. The summed E-state index contributed by atoms with van der Waals surface area (Å²) in [5, 5.41) is 3.16. The molecule has 1 aromatic carbocycles. The largest absolute Gasteiger partial charge is 0.416 e. The molecule has 1 aliphatic carbocycles. The summed E-state index contributed by atoms with van der Waals surface area (Å²) in [6.45, 7) is 6.65. The van der Waals surface area contributed by atoms with E-state index in [1.54, 1.807) is 18.5 Å². The average molecular weight is 426 g/mol. The van der Waals surface area contributed by atoms with Gasteiger partial charge >= 0.3 is 6.18 Å². The molecule has 0 fully saturated rings. The summed E-state index contributed by atoms with van der Waals surface area (Å²) in [4.78, 5) is 13.6. The zero-order chi connectivity index (χ0) is 22.2. The van der Waals surface area contributed by atoms with Gasteiger partial charge in [0.2, 0.25) is 0 Å². The van der Waals surface area contributed by atoms with Crippen molar-refractivity contribution in [3.8, 4) is 11.4 Å². The zero-order valence-electron chi connectivity index (χ0n) is 17.8. The third kappa shape index (κ3) is 4.70. The predicted octanol–water partition coefficient (Wildman–Crippen LogP) is 6.45.